The second kappa shape index (κ2) is 2.74. The molecule has 1 heterocycles. The maximum atomic E-state index is 8.73. The molecule has 0 saturated heterocycles. The Kier molecular flexibility index (Phi) is 1.72. The summed E-state index contributed by atoms with van der Waals surface area (Å²) in [6.07, 6.45) is 1.68. The van der Waals surface area contributed by atoms with Crippen LogP contribution in [0.3, 0.4) is 0 Å². The van der Waals surface area contributed by atoms with Crippen molar-refractivity contribution < 1.29 is 0 Å². The topological polar surface area (TPSA) is 36.7 Å². The van der Waals surface area contributed by atoms with Gasteiger partial charge in [-0.2, -0.15) is 9.64 Å². The highest BCUT2D eigenvalue weighted by atomic mass is 35.5. The molecule has 4 heteroatoms. The highest BCUT2D eigenvalue weighted by molar-refractivity contribution is 7.13. The predicted octanol–water partition coefficient (Wildman–Crippen LogP) is 2.82. The quantitative estimate of drug-likeness (QED) is 0.647. The second-order valence-corrected chi connectivity index (χ2v) is 3.48. The lowest BCUT2D eigenvalue weighted by Gasteiger charge is -1.92. The van der Waals surface area contributed by atoms with Crippen molar-refractivity contribution in [1.82, 2.24) is 4.37 Å². The summed E-state index contributed by atoms with van der Waals surface area (Å²) >= 11 is 7.18. The molecule has 0 fully saturated rings. The van der Waals surface area contributed by atoms with Crippen LogP contribution in [-0.2, 0) is 0 Å². The average Bonchev–Trinajstić information content (AvgIpc) is 2.54. The molecule has 0 aliphatic heterocycles. The molecular weight excluding hydrogens is 192 g/mol. The fourth-order valence-electron chi connectivity index (χ4n) is 1.01. The van der Waals surface area contributed by atoms with Crippen LogP contribution >= 0.6 is 23.1 Å². The Balaban J connectivity index is 2.94. The van der Waals surface area contributed by atoms with Gasteiger partial charge in [0.15, 0.2) is 0 Å². The summed E-state index contributed by atoms with van der Waals surface area (Å²) in [5.41, 5.74) is 0.636. The lowest BCUT2D eigenvalue weighted by molar-refractivity contribution is 1.51. The molecule has 0 spiro atoms. The number of fused-ring (bicyclic) bond motifs is 1. The molecule has 1 aromatic carbocycles. The van der Waals surface area contributed by atoms with Gasteiger partial charge in [-0.3, -0.25) is 0 Å². The maximum absolute atomic E-state index is 8.73. The fourth-order valence-corrected chi connectivity index (χ4v) is 2.01. The minimum absolute atomic E-state index is 0.636. The number of aromatic nitrogens is 1. The van der Waals surface area contributed by atoms with Crippen molar-refractivity contribution in [3.63, 3.8) is 0 Å². The van der Waals surface area contributed by atoms with Gasteiger partial charge < -0.3 is 0 Å². The zero-order chi connectivity index (χ0) is 8.55. The van der Waals surface area contributed by atoms with E-state index in [-0.39, 0.29) is 0 Å². The highest BCUT2D eigenvalue weighted by Crippen LogP contribution is 2.28. The van der Waals surface area contributed by atoms with Crippen LogP contribution in [0.5, 0.6) is 0 Å². The van der Waals surface area contributed by atoms with Gasteiger partial charge >= 0.3 is 0 Å². The van der Waals surface area contributed by atoms with E-state index in [4.69, 9.17) is 16.9 Å². The Hall–Kier alpha value is -1.11. The minimum atomic E-state index is 0.636. The first-order valence-corrected chi connectivity index (χ1v) is 4.41. The molecule has 0 aliphatic carbocycles. The number of nitrogens with zero attached hydrogens (tertiary/aromatic N) is 2. The molecule has 0 radical (unpaired) electrons. The summed E-state index contributed by atoms with van der Waals surface area (Å²) in [6, 6.07) is 5.53. The molecule has 0 N–H and O–H groups in total. The summed E-state index contributed by atoms with van der Waals surface area (Å²) in [5.74, 6) is 0. The fraction of sp³-hybridized carbons (Fsp3) is 0. The first-order valence-electron chi connectivity index (χ1n) is 3.26. The summed E-state index contributed by atoms with van der Waals surface area (Å²) in [7, 11) is 0. The highest BCUT2D eigenvalue weighted by Gasteiger charge is 2.05. The van der Waals surface area contributed by atoms with Crippen molar-refractivity contribution in [3.05, 3.63) is 28.9 Å². The van der Waals surface area contributed by atoms with E-state index in [0.29, 0.717) is 10.6 Å². The van der Waals surface area contributed by atoms with Gasteiger partial charge in [0.25, 0.3) is 0 Å². The number of hydrogen-bond donors (Lipinski definition) is 0. The van der Waals surface area contributed by atoms with Crippen LogP contribution in [0.25, 0.3) is 10.1 Å². The van der Waals surface area contributed by atoms with E-state index < -0.39 is 0 Å². The predicted molar refractivity (Wildman–Crippen MR) is 49.3 cm³/mol. The largest absolute Gasteiger partial charge is 0.200 e. The minimum Gasteiger partial charge on any atom is -0.200 e. The van der Waals surface area contributed by atoms with Crippen molar-refractivity contribution in [2.75, 3.05) is 0 Å². The van der Waals surface area contributed by atoms with Crippen LogP contribution in [0.2, 0.25) is 5.02 Å². The third-order valence-electron chi connectivity index (χ3n) is 1.59. The van der Waals surface area contributed by atoms with Crippen molar-refractivity contribution in [2.24, 2.45) is 0 Å². The molecule has 0 bridgehead atoms. The molecular formula is C8H3ClN2S. The van der Waals surface area contributed by atoms with Gasteiger partial charge in [-0.05, 0) is 23.7 Å². The smallest absolute Gasteiger partial charge is 0.101 e. The van der Waals surface area contributed by atoms with Crippen LogP contribution in [0.15, 0.2) is 18.3 Å². The van der Waals surface area contributed by atoms with E-state index in [1.807, 2.05) is 0 Å². The van der Waals surface area contributed by atoms with Crippen LogP contribution in [0.4, 0.5) is 0 Å². The Morgan fingerprint density at radius 1 is 1.50 bits per heavy atom. The molecule has 2 nitrogen and oxygen atoms in total. The van der Waals surface area contributed by atoms with E-state index in [1.54, 1.807) is 18.3 Å². The Bertz CT molecular complexity index is 469. The number of hydrogen-bond acceptors (Lipinski definition) is 3. The van der Waals surface area contributed by atoms with Crippen molar-refractivity contribution in [1.29, 1.82) is 5.26 Å². The molecule has 12 heavy (non-hydrogen) atoms. The molecule has 2 aromatic rings. The number of halogens is 1. The van der Waals surface area contributed by atoms with Gasteiger partial charge in [0.2, 0.25) is 0 Å². The van der Waals surface area contributed by atoms with E-state index in [9.17, 15) is 0 Å². The van der Waals surface area contributed by atoms with Crippen molar-refractivity contribution in [2.45, 2.75) is 0 Å². The van der Waals surface area contributed by atoms with Gasteiger partial charge in [0.1, 0.15) is 6.07 Å². The van der Waals surface area contributed by atoms with Crippen LogP contribution in [-0.4, -0.2) is 4.37 Å². The standard InChI is InChI=1S/C8H3ClN2S/c9-7-2-1-5(3-10)8-6(7)4-11-12-8/h1-2,4H. The van der Waals surface area contributed by atoms with E-state index in [1.165, 1.54) is 11.5 Å². The van der Waals surface area contributed by atoms with Gasteiger partial charge in [-0.25, -0.2) is 0 Å². The zero-order valence-electron chi connectivity index (χ0n) is 5.91. The molecule has 1 aromatic heterocycles. The van der Waals surface area contributed by atoms with E-state index >= 15 is 0 Å². The van der Waals surface area contributed by atoms with Gasteiger partial charge in [0.05, 0.1) is 21.5 Å². The molecule has 58 valence electrons. The number of nitriles is 1. The van der Waals surface area contributed by atoms with Crippen LogP contribution in [0, 0.1) is 11.3 Å². The molecule has 0 unspecified atom stereocenters. The van der Waals surface area contributed by atoms with Crippen molar-refractivity contribution >= 4 is 33.2 Å². The Labute approximate surface area is 78.2 Å². The SMILES string of the molecule is N#Cc1ccc(Cl)c2cnsc12. The first kappa shape index (κ1) is 7.53. The maximum Gasteiger partial charge on any atom is 0.101 e. The summed E-state index contributed by atoms with van der Waals surface area (Å²) in [6.45, 7) is 0. The third-order valence-corrected chi connectivity index (χ3v) is 2.75. The van der Waals surface area contributed by atoms with E-state index in [0.717, 1.165) is 10.1 Å². The summed E-state index contributed by atoms with van der Waals surface area (Å²) < 4.78 is 4.84. The van der Waals surface area contributed by atoms with Crippen LogP contribution in [0.1, 0.15) is 5.56 Å². The van der Waals surface area contributed by atoms with Gasteiger partial charge in [0, 0.05) is 5.39 Å². The molecule has 0 amide bonds. The monoisotopic (exact) mass is 194 g/mol. The second-order valence-electron chi connectivity index (χ2n) is 2.28. The van der Waals surface area contributed by atoms with Crippen LogP contribution < -0.4 is 0 Å². The zero-order valence-corrected chi connectivity index (χ0v) is 7.49. The Morgan fingerprint density at radius 2 is 2.33 bits per heavy atom. The van der Waals surface area contributed by atoms with Crippen molar-refractivity contribution in [3.8, 4) is 6.07 Å². The van der Waals surface area contributed by atoms with Gasteiger partial charge in [-0.15, -0.1) is 0 Å². The molecule has 2 rings (SSSR count). The third kappa shape index (κ3) is 0.970. The lowest BCUT2D eigenvalue weighted by atomic mass is 10.2. The number of rotatable bonds is 0. The normalized spacial score (nSPS) is 10.0. The summed E-state index contributed by atoms with van der Waals surface area (Å²) in [5, 5.41) is 10.2. The summed E-state index contributed by atoms with van der Waals surface area (Å²) in [4.78, 5) is 0. The van der Waals surface area contributed by atoms with Gasteiger partial charge in [-0.1, -0.05) is 11.6 Å². The lowest BCUT2D eigenvalue weighted by Crippen LogP contribution is -1.73. The molecule has 0 atom stereocenters. The Morgan fingerprint density at radius 3 is 3.08 bits per heavy atom. The van der Waals surface area contributed by atoms with E-state index in [2.05, 4.69) is 10.4 Å². The average molecular weight is 195 g/mol. The molecule has 0 saturated carbocycles. The first-order chi connectivity index (χ1) is 5.83. The number of benzene rings is 1. The molecule has 0 aliphatic rings.